The van der Waals surface area contributed by atoms with Crippen molar-refractivity contribution in [3.8, 4) is 0 Å². The standard InChI is InChI=1S/C14H21BrN2/c1-11(16)13-7-6-12(10-14(13)15)17-8-4-2-3-5-9-17/h6-7,10-11H,2-5,8-9,16H2,1H3/t11-/m1/s1. The van der Waals surface area contributed by atoms with Crippen molar-refractivity contribution in [3.05, 3.63) is 28.2 Å². The quantitative estimate of drug-likeness (QED) is 0.898. The maximum absolute atomic E-state index is 5.92. The molecule has 1 atom stereocenters. The first-order valence-corrected chi connectivity index (χ1v) is 7.28. The molecule has 2 N–H and O–H groups in total. The molecule has 17 heavy (non-hydrogen) atoms. The molecule has 1 saturated heterocycles. The predicted molar refractivity (Wildman–Crippen MR) is 77.4 cm³/mol. The van der Waals surface area contributed by atoms with E-state index in [4.69, 9.17) is 5.73 Å². The first kappa shape index (κ1) is 12.9. The molecule has 0 unspecified atom stereocenters. The molecular formula is C14H21BrN2. The minimum absolute atomic E-state index is 0.0857. The Morgan fingerprint density at radius 2 is 1.82 bits per heavy atom. The molecule has 2 rings (SSSR count). The molecule has 94 valence electrons. The van der Waals surface area contributed by atoms with Gasteiger partial charge in [0.1, 0.15) is 0 Å². The zero-order valence-corrected chi connectivity index (χ0v) is 12.0. The van der Waals surface area contributed by atoms with Crippen LogP contribution in [0.25, 0.3) is 0 Å². The van der Waals surface area contributed by atoms with Crippen molar-refractivity contribution in [2.24, 2.45) is 5.73 Å². The lowest BCUT2D eigenvalue weighted by Gasteiger charge is -2.23. The van der Waals surface area contributed by atoms with Crippen LogP contribution in [0.15, 0.2) is 22.7 Å². The Morgan fingerprint density at radius 1 is 1.18 bits per heavy atom. The summed E-state index contributed by atoms with van der Waals surface area (Å²) in [6.45, 7) is 4.39. The second-order valence-electron chi connectivity index (χ2n) is 4.90. The summed E-state index contributed by atoms with van der Waals surface area (Å²) in [5.74, 6) is 0. The number of nitrogens with zero attached hydrogens (tertiary/aromatic N) is 1. The smallest absolute Gasteiger partial charge is 0.0377 e. The van der Waals surface area contributed by atoms with Gasteiger partial charge in [-0.15, -0.1) is 0 Å². The molecule has 1 aromatic carbocycles. The first-order valence-electron chi connectivity index (χ1n) is 6.48. The normalized spacial score (nSPS) is 18.9. The molecule has 3 heteroatoms. The van der Waals surface area contributed by atoms with Gasteiger partial charge in [-0.1, -0.05) is 34.8 Å². The van der Waals surface area contributed by atoms with Gasteiger partial charge in [-0.05, 0) is 37.5 Å². The van der Waals surface area contributed by atoms with Crippen molar-refractivity contribution in [2.45, 2.75) is 38.6 Å². The average Bonchev–Trinajstić information content (AvgIpc) is 2.56. The van der Waals surface area contributed by atoms with Crippen LogP contribution in [0.1, 0.15) is 44.2 Å². The third-order valence-corrected chi connectivity index (χ3v) is 4.13. The second-order valence-corrected chi connectivity index (χ2v) is 5.75. The number of benzene rings is 1. The molecule has 0 bridgehead atoms. The molecule has 2 nitrogen and oxygen atoms in total. The number of nitrogens with two attached hydrogens (primary N) is 1. The van der Waals surface area contributed by atoms with E-state index in [9.17, 15) is 0 Å². The third-order valence-electron chi connectivity index (χ3n) is 3.45. The zero-order valence-electron chi connectivity index (χ0n) is 10.5. The highest BCUT2D eigenvalue weighted by atomic mass is 79.9. The maximum Gasteiger partial charge on any atom is 0.0377 e. The third kappa shape index (κ3) is 3.23. The van der Waals surface area contributed by atoms with Crippen LogP contribution in [-0.2, 0) is 0 Å². The lowest BCUT2D eigenvalue weighted by molar-refractivity contribution is 0.726. The molecule has 0 aromatic heterocycles. The lowest BCUT2D eigenvalue weighted by Crippen LogP contribution is -2.23. The zero-order chi connectivity index (χ0) is 12.3. The number of halogens is 1. The predicted octanol–water partition coefficient (Wildman–Crippen LogP) is 3.85. The summed E-state index contributed by atoms with van der Waals surface area (Å²) in [5.41, 5.74) is 8.43. The largest absolute Gasteiger partial charge is 0.372 e. The fourth-order valence-corrected chi connectivity index (χ4v) is 3.14. The Labute approximate surface area is 112 Å². The maximum atomic E-state index is 5.92. The highest BCUT2D eigenvalue weighted by Crippen LogP contribution is 2.28. The van der Waals surface area contributed by atoms with Gasteiger partial charge in [-0.25, -0.2) is 0 Å². The summed E-state index contributed by atoms with van der Waals surface area (Å²) in [6, 6.07) is 6.65. The molecule has 1 heterocycles. The Bertz CT molecular complexity index is 368. The Hall–Kier alpha value is -0.540. The van der Waals surface area contributed by atoms with E-state index in [0.717, 1.165) is 4.47 Å². The van der Waals surface area contributed by atoms with Gasteiger partial charge >= 0.3 is 0 Å². The fourth-order valence-electron chi connectivity index (χ4n) is 2.41. The molecule has 0 saturated carbocycles. The van der Waals surface area contributed by atoms with E-state index in [-0.39, 0.29) is 6.04 Å². The summed E-state index contributed by atoms with van der Waals surface area (Å²) >= 11 is 3.63. The lowest BCUT2D eigenvalue weighted by atomic mass is 10.1. The SMILES string of the molecule is C[C@@H](N)c1ccc(N2CCCCCC2)cc1Br. The van der Waals surface area contributed by atoms with E-state index in [1.54, 1.807) is 0 Å². The molecule has 0 spiro atoms. The summed E-state index contributed by atoms with van der Waals surface area (Å²) < 4.78 is 1.13. The number of hydrogen-bond acceptors (Lipinski definition) is 2. The van der Waals surface area contributed by atoms with Gasteiger partial charge in [0, 0.05) is 29.3 Å². The molecule has 0 amide bonds. The van der Waals surface area contributed by atoms with Gasteiger partial charge in [0.05, 0.1) is 0 Å². The van der Waals surface area contributed by atoms with Crippen molar-refractivity contribution in [2.75, 3.05) is 18.0 Å². The summed E-state index contributed by atoms with van der Waals surface area (Å²) in [7, 11) is 0. The van der Waals surface area contributed by atoms with E-state index in [0.29, 0.717) is 0 Å². The van der Waals surface area contributed by atoms with Gasteiger partial charge in [-0.3, -0.25) is 0 Å². The molecule has 0 radical (unpaired) electrons. The van der Waals surface area contributed by atoms with Crippen molar-refractivity contribution < 1.29 is 0 Å². The van der Waals surface area contributed by atoms with Crippen molar-refractivity contribution in [1.82, 2.24) is 0 Å². The molecule has 1 aliphatic rings. The molecular weight excluding hydrogens is 276 g/mol. The van der Waals surface area contributed by atoms with Crippen LogP contribution in [0.3, 0.4) is 0 Å². The van der Waals surface area contributed by atoms with Gasteiger partial charge < -0.3 is 10.6 Å². The van der Waals surface area contributed by atoms with E-state index >= 15 is 0 Å². The Balaban J connectivity index is 2.18. The highest BCUT2D eigenvalue weighted by molar-refractivity contribution is 9.10. The van der Waals surface area contributed by atoms with E-state index < -0.39 is 0 Å². The highest BCUT2D eigenvalue weighted by Gasteiger charge is 2.12. The Morgan fingerprint density at radius 3 is 2.35 bits per heavy atom. The number of rotatable bonds is 2. The topological polar surface area (TPSA) is 29.3 Å². The minimum Gasteiger partial charge on any atom is -0.372 e. The van der Waals surface area contributed by atoms with E-state index in [1.807, 2.05) is 6.92 Å². The van der Waals surface area contributed by atoms with Crippen LogP contribution in [0.4, 0.5) is 5.69 Å². The fraction of sp³-hybridized carbons (Fsp3) is 0.571. The molecule has 0 aliphatic carbocycles. The molecule has 1 aliphatic heterocycles. The van der Waals surface area contributed by atoms with Crippen molar-refractivity contribution in [1.29, 1.82) is 0 Å². The molecule has 1 aromatic rings. The summed E-state index contributed by atoms with van der Waals surface area (Å²) in [4.78, 5) is 2.49. The number of anilines is 1. The van der Waals surface area contributed by atoms with Gasteiger partial charge in [0.2, 0.25) is 0 Å². The first-order chi connectivity index (χ1) is 8.18. The van der Waals surface area contributed by atoms with Gasteiger partial charge in [-0.2, -0.15) is 0 Å². The number of hydrogen-bond donors (Lipinski definition) is 1. The average molecular weight is 297 g/mol. The minimum atomic E-state index is 0.0857. The van der Waals surface area contributed by atoms with Crippen LogP contribution in [0, 0.1) is 0 Å². The summed E-state index contributed by atoms with van der Waals surface area (Å²) in [5, 5.41) is 0. The monoisotopic (exact) mass is 296 g/mol. The second kappa shape index (κ2) is 5.87. The van der Waals surface area contributed by atoms with Crippen LogP contribution in [0.5, 0.6) is 0 Å². The molecule has 1 fully saturated rings. The van der Waals surface area contributed by atoms with Crippen LogP contribution in [-0.4, -0.2) is 13.1 Å². The van der Waals surface area contributed by atoms with Crippen LogP contribution < -0.4 is 10.6 Å². The summed E-state index contributed by atoms with van der Waals surface area (Å²) in [6.07, 6.45) is 5.37. The van der Waals surface area contributed by atoms with Gasteiger partial charge in [0.15, 0.2) is 0 Å². The van der Waals surface area contributed by atoms with E-state index in [1.165, 1.54) is 50.0 Å². The van der Waals surface area contributed by atoms with Gasteiger partial charge in [0.25, 0.3) is 0 Å². The van der Waals surface area contributed by atoms with Crippen LogP contribution in [0.2, 0.25) is 0 Å². The van der Waals surface area contributed by atoms with E-state index in [2.05, 4.69) is 39.0 Å². The van der Waals surface area contributed by atoms with Crippen molar-refractivity contribution in [3.63, 3.8) is 0 Å². The Kier molecular flexibility index (Phi) is 4.46. The van der Waals surface area contributed by atoms with Crippen LogP contribution >= 0.6 is 15.9 Å². The van der Waals surface area contributed by atoms with Crippen molar-refractivity contribution >= 4 is 21.6 Å².